The van der Waals surface area contributed by atoms with E-state index in [-0.39, 0.29) is 17.9 Å². The number of fused-ring (bicyclic) bond motifs is 1. The van der Waals surface area contributed by atoms with Gasteiger partial charge < -0.3 is 10.2 Å². The smallest absolute Gasteiger partial charge is 0.285 e. The molecule has 152 valence electrons. The minimum atomic E-state index is -0.931. The summed E-state index contributed by atoms with van der Waals surface area (Å²) in [5.74, 6) is 0.941. The van der Waals surface area contributed by atoms with Gasteiger partial charge in [0.05, 0.1) is 17.6 Å². The van der Waals surface area contributed by atoms with E-state index in [4.69, 9.17) is 0 Å². The zero-order valence-corrected chi connectivity index (χ0v) is 17.2. The Hall–Kier alpha value is -2.93. The number of hydrogen-bond donors (Lipinski definition) is 2. The van der Waals surface area contributed by atoms with Crippen molar-refractivity contribution < 1.29 is 19.5 Å². The summed E-state index contributed by atoms with van der Waals surface area (Å²) in [5, 5.41) is 2.93. The van der Waals surface area contributed by atoms with Gasteiger partial charge in [-0.2, -0.15) is 0 Å². The summed E-state index contributed by atoms with van der Waals surface area (Å²) in [7, 11) is 0. The largest absolute Gasteiger partial charge is 0.322 e. The molecule has 0 radical (unpaired) electrons. The molecule has 7 nitrogen and oxygen atoms in total. The number of carbonyl (C=O) groups is 2. The lowest BCUT2D eigenvalue weighted by Crippen LogP contribution is -3.19. The normalized spacial score (nSPS) is 20.0. The molecule has 0 bridgehead atoms. The SMILES string of the molecule is C[C@@H](C(=O)N1c2ccccc2NC(=O)C1(C)C)[NH+]1CCN(c2cccc[nH+]2)CC1. The average molecular weight is 396 g/mol. The fourth-order valence-corrected chi connectivity index (χ4v) is 4.26. The molecule has 4 rings (SSSR count). The number of amides is 2. The van der Waals surface area contributed by atoms with E-state index in [2.05, 4.69) is 21.3 Å². The number of H-pyrrole nitrogens is 1. The minimum absolute atomic E-state index is 0.00739. The zero-order valence-electron chi connectivity index (χ0n) is 17.2. The highest BCUT2D eigenvalue weighted by Gasteiger charge is 2.47. The molecule has 0 aliphatic carbocycles. The molecule has 2 aromatic rings. The molecule has 0 unspecified atom stereocenters. The van der Waals surface area contributed by atoms with E-state index < -0.39 is 5.54 Å². The minimum Gasteiger partial charge on any atom is -0.322 e. The van der Waals surface area contributed by atoms with Gasteiger partial charge >= 0.3 is 0 Å². The molecule has 1 fully saturated rings. The second-order valence-corrected chi connectivity index (χ2v) is 8.32. The summed E-state index contributed by atoms with van der Waals surface area (Å²) in [4.78, 5) is 34.8. The highest BCUT2D eigenvalue weighted by Crippen LogP contribution is 2.36. The first-order chi connectivity index (χ1) is 13.9. The van der Waals surface area contributed by atoms with Crippen LogP contribution in [0.2, 0.25) is 0 Å². The van der Waals surface area contributed by atoms with E-state index in [1.807, 2.05) is 49.5 Å². The Morgan fingerprint density at radius 3 is 2.52 bits per heavy atom. The molecule has 1 atom stereocenters. The van der Waals surface area contributed by atoms with Crippen molar-refractivity contribution in [3.8, 4) is 0 Å². The van der Waals surface area contributed by atoms with Crippen LogP contribution in [-0.4, -0.2) is 49.6 Å². The Labute approximate surface area is 171 Å². The Bertz CT molecular complexity index is 906. The summed E-state index contributed by atoms with van der Waals surface area (Å²) in [5.41, 5.74) is 0.530. The maximum Gasteiger partial charge on any atom is 0.285 e. The van der Waals surface area contributed by atoms with Gasteiger partial charge in [0.2, 0.25) is 5.91 Å². The number of rotatable bonds is 3. The quantitative estimate of drug-likeness (QED) is 0.788. The first-order valence-electron chi connectivity index (χ1n) is 10.2. The number of hydrogen-bond acceptors (Lipinski definition) is 3. The highest BCUT2D eigenvalue weighted by atomic mass is 16.2. The maximum atomic E-state index is 13.6. The van der Waals surface area contributed by atoms with Crippen molar-refractivity contribution in [3.05, 3.63) is 48.7 Å². The standard InChI is InChI=1S/C22H27N5O2/c1-16(25-12-14-26(15-13-25)19-10-6-7-11-23-19)20(28)27-18-9-5-4-8-17(18)24-21(29)22(27,2)3/h4-11,16H,12-15H2,1-3H3,(H,24,29)/p+2/t16-/m0/s1. The van der Waals surface area contributed by atoms with Crippen LogP contribution in [0, 0.1) is 0 Å². The third kappa shape index (κ3) is 3.46. The van der Waals surface area contributed by atoms with Gasteiger partial charge in [-0.15, -0.1) is 0 Å². The predicted molar refractivity (Wildman–Crippen MR) is 112 cm³/mol. The molecular formula is C22H29N5O2+2. The zero-order chi connectivity index (χ0) is 20.6. The van der Waals surface area contributed by atoms with E-state index in [0.29, 0.717) is 5.69 Å². The van der Waals surface area contributed by atoms with Crippen molar-refractivity contribution in [2.45, 2.75) is 32.4 Å². The van der Waals surface area contributed by atoms with E-state index in [0.717, 1.165) is 37.7 Å². The van der Waals surface area contributed by atoms with Crippen molar-refractivity contribution >= 4 is 29.0 Å². The molecule has 0 spiro atoms. The number of nitrogens with zero attached hydrogens (tertiary/aromatic N) is 2. The highest BCUT2D eigenvalue weighted by molar-refractivity contribution is 6.14. The van der Waals surface area contributed by atoms with Gasteiger partial charge in [-0.1, -0.05) is 18.2 Å². The van der Waals surface area contributed by atoms with Crippen molar-refractivity contribution in [3.63, 3.8) is 0 Å². The summed E-state index contributed by atoms with van der Waals surface area (Å²) in [6.45, 7) is 9.10. The molecule has 3 heterocycles. The third-order valence-electron chi connectivity index (χ3n) is 6.15. The number of carbonyl (C=O) groups excluding carboxylic acids is 2. The number of quaternary nitrogens is 1. The second-order valence-electron chi connectivity index (χ2n) is 8.32. The van der Waals surface area contributed by atoms with E-state index >= 15 is 0 Å². The fraction of sp³-hybridized carbons (Fsp3) is 0.409. The maximum absolute atomic E-state index is 13.6. The molecule has 3 N–H and O–H groups in total. The molecule has 1 aromatic carbocycles. The number of benzene rings is 1. The van der Waals surface area contributed by atoms with Gasteiger partial charge in [-0.25, -0.2) is 4.98 Å². The third-order valence-corrected chi connectivity index (χ3v) is 6.15. The number of piperazine rings is 1. The van der Waals surface area contributed by atoms with Crippen LogP contribution < -0.4 is 25.0 Å². The first kappa shape index (κ1) is 19.4. The van der Waals surface area contributed by atoms with E-state index in [1.54, 1.807) is 18.7 Å². The molecule has 29 heavy (non-hydrogen) atoms. The molecule has 2 amide bonds. The number of aromatic amines is 1. The Kier molecular flexibility index (Phi) is 5.00. The number of para-hydroxylation sites is 2. The molecule has 2 aliphatic heterocycles. The monoisotopic (exact) mass is 395 g/mol. The van der Waals surface area contributed by atoms with Crippen molar-refractivity contribution in [1.29, 1.82) is 0 Å². The van der Waals surface area contributed by atoms with Gasteiger partial charge in [-0.3, -0.25) is 19.4 Å². The van der Waals surface area contributed by atoms with Crippen molar-refractivity contribution in [2.24, 2.45) is 0 Å². The van der Waals surface area contributed by atoms with Gasteiger partial charge in [-0.05, 0) is 39.0 Å². The van der Waals surface area contributed by atoms with Crippen LogP contribution in [0.25, 0.3) is 0 Å². The summed E-state index contributed by atoms with van der Waals surface area (Å²) < 4.78 is 0. The molecule has 0 saturated carbocycles. The number of aromatic nitrogens is 1. The number of nitrogens with one attached hydrogen (secondary N) is 3. The molecule has 2 aliphatic rings. The van der Waals surface area contributed by atoms with Crippen LogP contribution in [0.3, 0.4) is 0 Å². The van der Waals surface area contributed by atoms with Gasteiger partial charge in [0.25, 0.3) is 11.7 Å². The van der Waals surface area contributed by atoms with Crippen LogP contribution in [0.15, 0.2) is 48.7 Å². The van der Waals surface area contributed by atoms with Crippen LogP contribution in [0.5, 0.6) is 0 Å². The van der Waals surface area contributed by atoms with Crippen molar-refractivity contribution in [2.75, 3.05) is 41.3 Å². The fourth-order valence-electron chi connectivity index (χ4n) is 4.26. The van der Waals surface area contributed by atoms with Crippen molar-refractivity contribution in [1.82, 2.24) is 0 Å². The van der Waals surface area contributed by atoms with Gasteiger partial charge in [0.15, 0.2) is 6.04 Å². The lowest BCUT2D eigenvalue weighted by Gasteiger charge is -2.44. The van der Waals surface area contributed by atoms with Crippen LogP contribution in [0.1, 0.15) is 20.8 Å². The van der Waals surface area contributed by atoms with E-state index in [1.165, 1.54) is 4.90 Å². The lowest BCUT2D eigenvalue weighted by atomic mass is 9.95. The number of pyridine rings is 1. The van der Waals surface area contributed by atoms with Gasteiger partial charge in [0, 0.05) is 6.07 Å². The molecular weight excluding hydrogens is 366 g/mol. The molecule has 1 aromatic heterocycles. The molecule has 7 heteroatoms. The topological polar surface area (TPSA) is 71.2 Å². The summed E-state index contributed by atoms with van der Waals surface area (Å²) in [6, 6.07) is 13.4. The predicted octanol–water partition coefficient (Wildman–Crippen LogP) is 0.358. The second kappa shape index (κ2) is 7.48. The summed E-state index contributed by atoms with van der Waals surface area (Å²) >= 11 is 0. The average Bonchev–Trinajstić information content (AvgIpc) is 2.74. The Balaban J connectivity index is 1.51. The number of anilines is 3. The van der Waals surface area contributed by atoms with Crippen LogP contribution in [0.4, 0.5) is 17.2 Å². The first-order valence-corrected chi connectivity index (χ1v) is 10.2. The van der Waals surface area contributed by atoms with Crippen LogP contribution in [-0.2, 0) is 9.59 Å². The van der Waals surface area contributed by atoms with Crippen LogP contribution >= 0.6 is 0 Å². The lowest BCUT2D eigenvalue weighted by molar-refractivity contribution is -0.914. The van der Waals surface area contributed by atoms with E-state index in [9.17, 15) is 9.59 Å². The Morgan fingerprint density at radius 1 is 1.14 bits per heavy atom. The molecule has 1 saturated heterocycles. The summed E-state index contributed by atoms with van der Waals surface area (Å²) in [6.07, 6.45) is 1.93. The van der Waals surface area contributed by atoms with Gasteiger partial charge in [0.1, 0.15) is 31.7 Å². The Morgan fingerprint density at radius 2 is 1.83 bits per heavy atom.